The summed E-state index contributed by atoms with van der Waals surface area (Å²) in [5, 5.41) is 0. The lowest BCUT2D eigenvalue weighted by Crippen LogP contribution is -2.12. The normalized spacial score (nSPS) is 15.6. The first-order valence-electron chi connectivity index (χ1n) is 6.12. The Morgan fingerprint density at radius 3 is 2.76 bits per heavy atom. The molecular weight excluding hydrogens is 208 g/mol. The third-order valence-electron chi connectivity index (χ3n) is 3.53. The Bertz CT molecular complexity index is 520. The zero-order valence-corrected chi connectivity index (χ0v) is 9.76. The fraction of sp³-hybridized carbons (Fsp3) is 0.267. The first-order valence-corrected chi connectivity index (χ1v) is 6.12. The van der Waals surface area contributed by atoms with Crippen LogP contribution in [0.2, 0.25) is 0 Å². The molecule has 2 N–H and O–H groups in total. The van der Waals surface area contributed by atoms with E-state index in [2.05, 4.69) is 23.2 Å². The van der Waals surface area contributed by atoms with Gasteiger partial charge >= 0.3 is 0 Å². The predicted molar refractivity (Wildman–Crippen MR) is 68.7 cm³/mol. The highest BCUT2D eigenvalue weighted by Crippen LogP contribution is 2.26. The molecule has 2 nitrogen and oxygen atoms in total. The van der Waals surface area contributed by atoms with Crippen LogP contribution in [0.1, 0.15) is 34.7 Å². The molecule has 86 valence electrons. The monoisotopic (exact) mass is 224 g/mol. The van der Waals surface area contributed by atoms with Crippen LogP contribution in [0, 0.1) is 0 Å². The SMILES string of the molecule is NC(c1cccnc1)c1ccc2c(c1)CCC2. The lowest BCUT2D eigenvalue weighted by atomic mass is 9.97. The number of benzene rings is 1. The highest BCUT2D eigenvalue weighted by atomic mass is 14.7. The summed E-state index contributed by atoms with van der Waals surface area (Å²) in [5.41, 5.74) is 11.5. The topological polar surface area (TPSA) is 38.9 Å². The smallest absolute Gasteiger partial charge is 0.0567 e. The Morgan fingerprint density at radius 1 is 1.06 bits per heavy atom. The van der Waals surface area contributed by atoms with Crippen LogP contribution in [0.5, 0.6) is 0 Å². The molecule has 0 amide bonds. The number of aryl methyl sites for hydroxylation is 2. The number of hydrogen-bond acceptors (Lipinski definition) is 2. The van der Waals surface area contributed by atoms with E-state index in [9.17, 15) is 0 Å². The van der Waals surface area contributed by atoms with Gasteiger partial charge in [-0.2, -0.15) is 0 Å². The van der Waals surface area contributed by atoms with Crippen LogP contribution >= 0.6 is 0 Å². The summed E-state index contributed by atoms with van der Waals surface area (Å²) in [6.45, 7) is 0. The van der Waals surface area contributed by atoms with Gasteiger partial charge in [0.05, 0.1) is 6.04 Å². The van der Waals surface area contributed by atoms with E-state index in [1.807, 2.05) is 18.3 Å². The summed E-state index contributed by atoms with van der Waals surface area (Å²) >= 11 is 0. The van der Waals surface area contributed by atoms with Gasteiger partial charge in [-0.3, -0.25) is 4.98 Å². The Balaban J connectivity index is 1.94. The van der Waals surface area contributed by atoms with Gasteiger partial charge in [0.2, 0.25) is 0 Å². The Labute approximate surface area is 102 Å². The predicted octanol–water partition coefficient (Wildman–Crippen LogP) is 2.62. The number of nitrogens with two attached hydrogens (primary N) is 1. The molecule has 0 aliphatic heterocycles. The highest BCUT2D eigenvalue weighted by molar-refractivity contribution is 5.39. The minimum Gasteiger partial charge on any atom is -0.320 e. The van der Waals surface area contributed by atoms with Crippen LogP contribution < -0.4 is 5.73 Å². The van der Waals surface area contributed by atoms with Crippen LogP contribution in [0.25, 0.3) is 0 Å². The lowest BCUT2D eigenvalue weighted by Gasteiger charge is -2.13. The van der Waals surface area contributed by atoms with Gasteiger partial charge in [-0.1, -0.05) is 24.3 Å². The molecule has 17 heavy (non-hydrogen) atoms. The summed E-state index contributed by atoms with van der Waals surface area (Å²) < 4.78 is 0. The second kappa shape index (κ2) is 4.30. The highest BCUT2D eigenvalue weighted by Gasteiger charge is 2.14. The van der Waals surface area contributed by atoms with Crippen molar-refractivity contribution in [3.05, 3.63) is 65.0 Å². The van der Waals surface area contributed by atoms with Gasteiger partial charge in [-0.05, 0) is 47.6 Å². The molecule has 1 atom stereocenters. The molecule has 2 heteroatoms. The third kappa shape index (κ3) is 1.96. The first kappa shape index (κ1) is 10.5. The van der Waals surface area contributed by atoms with Crippen LogP contribution in [-0.4, -0.2) is 4.98 Å². The molecule has 1 aliphatic carbocycles. The second-order valence-electron chi connectivity index (χ2n) is 4.65. The lowest BCUT2D eigenvalue weighted by molar-refractivity contribution is 0.859. The van der Waals surface area contributed by atoms with Gasteiger partial charge in [0.1, 0.15) is 0 Å². The van der Waals surface area contributed by atoms with Crippen molar-refractivity contribution in [2.24, 2.45) is 5.73 Å². The van der Waals surface area contributed by atoms with Crippen LogP contribution in [0.15, 0.2) is 42.7 Å². The average Bonchev–Trinajstić information content (AvgIpc) is 2.86. The number of hydrogen-bond donors (Lipinski definition) is 1. The van der Waals surface area contributed by atoms with Crippen molar-refractivity contribution in [1.82, 2.24) is 4.98 Å². The van der Waals surface area contributed by atoms with E-state index in [1.165, 1.54) is 36.0 Å². The van der Waals surface area contributed by atoms with Crippen molar-refractivity contribution in [2.75, 3.05) is 0 Å². The number of rotatable bonds is 2. The maximum Gasteiger partial charge on any atom is 0.0567 e. The molecule has 0 radical (unpaired) electrons. The van der Waals surface area contributed by atoms with E-state index >= 15 is 0 Å². The van der Waals surface area contributed by atoms with Crippen molar-refractivity contribution in [1.29, 1.82) is 0 Å². The molecule has 1 aliphatic rings. The Morgan fingerprint density at radius 2 is 1.94 bits per heavy atom. The van der Waals surface area contributed by atoms with E-state index in [0.29, 0.717) is 0 Å². The maximum atomic E-state index is 6.27. The van der Waals surface area contributed by atoms with E-state index < -0.39 is 0 Å². The van der Waals surface area contributed by atoms with Gasteiger partial charge in [-0.25, -0.2) is 0 Å². The molecule has 0 fully saturated rings. The zero-order valence-electron chi connectivity index (χ0n) is 9.76. The van der Waals surface area contributed by atoms with Gasteiger partial charge in [0.15, 0.2) is 0 Å². The average molecular weight is 224 g/mol. The van der Waals surface area contributed by atoms with E-state index in [-0.39, 0.29) is 6.04 Å². The quantitative estimate of drug-likeness (QED) is 0.851. The van der Waals surface area contributed by atoms with E-state index in [1.54, 1.807) is 6.20 Å². The molecule has 2 aromatic rings. The van der Waals surface area contributed by atoms with E-state index in [4.69, 9.17) is 5.73 Å². The minimum absolute atomic E-state index is 0.0606. The first-order chi connectivity index (χ1) is 8.34. The van der Waals surface area contributed by atoms with Crippen molar-refractivity contribution < 1.29 is 0 Å². The van der Waals surface area contributed by atoms with Gasteiger partial charge < -0.3 is 5.73 Å². The summed E-state index contributed by atoms with van der Waals surface area (Å²) in [4.78, 5) is 4.12. The number of aromatic nitrogens is 1. The fourth-order valence-corrected chi connectivity index (χ4v) is 2.54. The minimum atomic E-state index is -0.0606. The van der Waals surface area contributed by atoms with Crippen molar-refractivity contribution in [3.8, 4) is 0 Å². The molecule has 3 rings (SSSR count). The molecule has 1 aromatic carbocycles. The Kier molecular flexibility index (Phi) is 2.65. The Hall–Kier alpha value is -1.67. The van der Waals surface area contributed by atoms with Crippen molar-refractivity contribution >= 4 is 0 Å². The van der Waals surface area contributed by atoms with Gasteiger partial charge in [0, 0.05) is 12.4 Å². The summed E-state index contributed by atoms with van der Waals surface area (Å²) in [6, 6.07) is 10.6. The number of pyridine rings is 1. The second-order valence-corrected chi connectivity index (χ2v) is 4.65. The number of nitrogens with zero attached hydrogens (tertiary/aromatic N) is 1. The van der Waals surface area contributed by atoms with Crippen LogP contribution in [-0.2, 0) is 12.8 Å². The third-order valence-corrected chi connectivity index (χ3v) is 3.53. The van der Waals surface area contributed by atoms with Crippen LogP contribution in [0.4, 0.5) is 0 Å². The molecular formula is C15H16N2. The fourth-order valence-electron chi connectivity index (χ4n) is 2.54. The zero-order chi connectivity index (χ0) is 11.7. The standard InChI is InChI=1S/C15H16N2/c16-15(14-5-2-8-17-10-14)13-7-6-11-3-1-4-12(11)9-13/h2,5-10,15H,1,3-4,16H2. The number of fused-ring (bicyclic) bond motifs is 1. The van der Waals surface area contributed by atoms with Crippen molar-refractivity contribution in [3.63, 3.8) is 0 Å². The molecule has 0 bridgehead atoms. The maximum absolute atomic E-state index is 6.27. The van der Waals surface area contributed by atoms with E-state index in [0.717, 1.165) is 5.56 Å². The molecule has 0 spiro atoms. The molecule has 0 saturated heterocycles. The van der Waals surface area contributed by atoms with Gasteiger partial charge in [-0.15, -0.1) is 0 Å². The molecule has 1 aromatic heterocycles. The van der Waals surface area contributed by atoms with Crippen LogP contribution in [0.3, 0.4) is 0 Å². The van der Waals surface area contributed by atoms with Gasteiger partial charge in [0.25, 0.3) is 0 Å². The largest absolute Gasteiger partial charge is 0.320 e. The molecule has 0 saturated carbocycles. The summed E-state index contributed by atoms with van der Waals surface area (Å²) in [7, 11) is 0. The molecule has 1 unspecified atom stereocenters. The summed E-state index contributed by atoms with van der Waals surface area (Å²) in [6.07, 6.45) is 7.32. The summed E-state index contributed by atoms with van der Waals surface area (Å²) in [5.74, 6) is 0. The molecule has 1 heterocycles. The van der Waals surface area contributed by atoms with Crippen molar-refractivity contribution in [2.45, 2.75) is 25.3 Å².